The van der Waals surface area contributed by atoms with Crippen molar-refractivity contribution in [2.45, 2.75) is 40.0 Å². The first-order chi connectivity index (χ1) is 17.4. The molecule has 0 saturated carbocycles. The zero-order valence-electron chi connectivity index (χ0n) is 21.9. The van der Waals surface area contributed by atoms with E-state index in [1.54, 1.807) is 41.1 Å². The summed E-state index contributed by atoms with van der Waals surface area (Å²) in [6.07, 6.45) is 0. The van der Waals surface area contributed by atoms with E-state index in [1.165, 1.54) is 12.0 Å². The number of benzene rings is 2. The SMILES string of the molecule is COc1ccccc1NC(=O)N(CC(=O)Nc1cc(C(C)(C)C)nn1-c1ccc(Cl)c(Cl)c1)CC(C)C. The van der Waals surface area contributed by atoms with Gasteiger partial charge in [-0.25, -0.2) is 9.48 Å². The number of halogens is 2. The Morgan fingerprint density at radius 2 is 1.76 bits per heavy atom. The van der Waals surface area contributed by atoms with Gasteiger partial charge in [-0.3, -0.25) is 4.79 Å². The summed E-state index contributed by atoms with van der Waals surface area (Å²) >= 11 is 12.3. The van der Waals surface area contributed by atoms with Crippen molar-refractivity contribution in [1.82, 2.24) is 14.7 Å². The average Bonchev–Trinajstić information content (AvgIpc) is 3.24. The molecule has 0 spiro atoms. The van der Waals surface area contributed by atoms with Crippen molar-refractivity contribution in [3.63, 3.8) is 0 Å². The second kappa shape index (κ2) is 11.9. The number of urea groups is 1. The molecule has 2 aromatic carbocycles. The molecule has 10 heteroatoms. The Labute approximate surface area is 227 Å². The molecule has 8 nitrogen and oxygen atoms in total. The lowest BCUT2D eigenvalue weighted by molar-refractivity contribution is -0.116. The summed E-state index contributed by atoms with van der Waals surface area (Å²) in [4.78, 5) is 27.8. The number of amides is 3. The fourth-order valence-electron chi connectivity index (χ4n) is 3.61. The van der Waals surface area contributed by atoms with E-state index >= 15 is 0 Å². The number of carbonyl (C=O) groups excluding carboxylic acids is 2. The van der Waals surface area contributed by atoms with Crippen LogP contribution in [0.5, 0.6) is 5.75 Å². The molecule has 3 rings (SSSR count). The largest absolute Gasteiger partial charge is 0.495 e. The van der Waals surface area contributed by atoms with Gasteiger partial charge in [0, 0.05) is 18.0 Å². The van der Waals surface area contributed by atoms with E-state index in [9.17, 15) is 9.59 Å². The fraction of sp³-hybridized carbons (Fsp3) is 0.370. The summed E-state index contributed by atoms with van der Waals surface area (Å²) in [5, 5.41) is 11.3. The highest BCUT2D eigenvalue weighted by Crippen LogP contribution is 2.29. The van der Waals surface area contributed by atoms with Gasteiger partial charge >= 0.3 is 6.03 Å². The average molecular weight is 546 g/mol. The topological polar surface area (TPSA) is 88.5 Å². The molecule has 0 aliphatic heterocycles. The zero-order valence-corrected chi connectivity index (χ0v) is 23.4. The molecule has 0 saturated heterocycles. The molecule has 1 heterocycles. The van der Waals surface area contributed by atoms with Gasteiger partial charge in [-0.2, -0.15) is 5.10 Å². The Kier molecular flexibility index (Phi) is 9.10. The number of hydrogen-bond acceptors (Lipinski definition) is 4. The third-order valence-electron chi connectivity index (χ3n) is 5.45. The van der Waals surface area contributed by atoms with Crippen LogP contribution in [-0.4, -0.2) is 46.8 Å². The van der Waals surface area contributed by atoms with E-state index in [4.69, 9.17) is 33.0 Å². The standard InChI is InChI=1S/C27H33Cl2N5O3/c1-17(2)15-33(26(36)30-21-9-7-8-10-22(21)37-6)16-25(35)31-24-14-23(27(3,4)5)32-34(24)18-11-12-19(28)20(29)13-18/h7-14,17H,15-16H2,1-6H3,(H,30,36)(H,31,35). The molecule has 2 N–H and O–H groups in total. The van der Waals surface area contributed by atoms with E-state index < -0.39 is 6.03 Å². The van der Waals surface area contributed by atoms with Crippen LogP contribution in [0.1, 0.15) is 40.3 Å². The van der Waals surface area contributed by atoms with Crippen LogP contribution in [0.15, 0.2) is 48.5 Å². The minimum Gasteiger partial charge on any atom is -0.495 e. The van der Waals surface area contributed by atoms with Gasteiger partial charge in [0.05, 0.1) is 34.2 Å². The summed E-state index contributed by atoms with van der Waals surface area (Å²) in [5.74, 6) is 0.774. The van der Waals surface area contributed by atoms with E-state index in [1.807, 2.05) is 46.8 Å². The van der Waals surface area contributed by atoms with Gasteiger partial charge in [-0.05, 0) is 36.2 Å². The molecular formula is C27H33Cl2N5O3. The lowest BCUT2D eigenvalue weighted by Gasteiger charge is -2.25. The van der Waals surface area contributed by atoms with Crippen LogP contribution in [0.4, 0.5) is 16.3 Å². The van der Waals surface area contributed by atoms with Crippen LogP contribution >= 0.6 is 23.2 Å². The van der Waals surface area contributed by atoms with Crippen molar-refractivity contribution < 1.29 is 14.3 Å². The van der Waals surface area contributed by atoms with Gasteiger partial charge < -0.3 is 20.3 Å². The quantitative estimate of drug-likeness (QED) is 0.333. The monoisotopic (exact) mass is 545 g/mol. The van der Waals surface area contributed by atoms with Crippen LogP contribution in [0, 0.1) is 5.92 Å². The first-order valence-electron chi connectivity index (χ1n) is 11.9. The molecule has 3 amide bonds. The molecule has 0 fully saturated rings. The van der Waals surface area contributed by atoms with Crippen molar-refractivity contribution in [3.05, 3.63) is 64.3 Å². The number of hydrogen-bond donors (Lipinski definition) is 2. The van der Waals surface area contributed by atoms with Crippen LogP contribution in [0.3, 0.4) is 0 Å². The fourth-order valence-corrected chi connectivity index (χ4v) is 3.90. The summed E-state index contributed by atoms with van der Waals surface area (Å²) in [7, 11) is 1.53. The van der Waals surface area contributed by atoms with Gasteiger partial charge in [-0.1, -0.05) is 70.0 Å². The third kappa shape index (κ3) is 7.40. The first-order valence-corrected chi connectivity index (χ1v) is 12.7. The highest BCUT2D eigenvalue weighted by molar-refractivity contribution is 6.42. The maximum atomic E-state index is 13.2. The zero-order chi connectivity index (χ0) is 27.3. The molecular weight excluding hydrogens is 513 g/mol. The minimum atomic E-state index is -0.401. The summed E-state index contributed by atoms with van der Waals surface area (Å²) in [5.41, 5.74) is 1.69. The normalized spacial score (nSPS) is 11.4. The van der Waals surface area contributed by atoms with Crippen molar-refractivity contribution in [3.8, 4) is 11.4 Å². The van der Waals surface area contributed by atoms with Gasteiger partial charge in [0.15, 0.2) is 0 Å². The number of anilines is 2. The number of methoxy groups -OCH3 is 1. The van der Waals surface area contributed by atoms with E-state index in [2.05, 4.69) is 10.6 Å². The van der Waals surface area contributed by atoms with Crippen molar-refractivity contribution >= 4 is 46.6 Å². The van der Waals surface area contributed by atoms with Gasteiger partial charge in [0.2, 0.25) is 5.91 Å². The minimum absolute atomic E-state index is 0.144. The number of nitrogens with zero attached hydrogens (tertiary/aromatic N) is 3. The first kappa shape index (κ1) is 28.3. The van der Waals surface area contributed by atoms with Gasteiger partial charge in [-0.15, -0.1) is 0 Å². The van der Waals surface area contributed by atoms with Gasteiger partial charge in [0.1, 0.15) is 18.1 Å². The Morgan fingerprint density at radius 3 is 2.38 bits per heavy atom. The lowest BCUT2D eigenvalue weighted by Crippen LogP contribution is -2.42. The predicted octanol–water partition coefficient (Wildman–Crippen LogP) is 6.61. The molecule has 0 aliphatic carbocycles. The molecule has 1 aromatic heterocycles. The van der Waals surface area contributed by atoms with Crippen molar-refractivity contribution in [2.24, 2.45) is 5.92 Å². The van der Waals surface area contributed by atoms with Crippen LogP contribution < -0.4 is 15.4 Å². The van der Waals surface area contributed by atoms with E-state index in [-0.39, 0.29) is 23.8 Å². The number of rotatable bonds is 8. The molecule has 37 heavy (non-hydrogen) atoms. The number of para-hydroxylation sites is 2. The molecule has 0 radical (unpaired) electrons. The highest BCUT2D eigenvalue weighted by Gasteiger charge is 2.24. The molecule has 0 unspecified atom stereocenters. The smallest absolute Gasteiger partial charge is 0.322 e. The second-order valence-corrected chi connectivity index (χ2v) is 10.9. The summed E-state index contributed by atoms with van der Waals surface area (Å²) in [6.45, 7) is 10.3. The molecule has 0 aliphatic rings. The lowest BCUT2D eigenvalue weighted by atomic mass is 9.92. The van der Waals surface area contributed by atoms with E-state index in [0.29, 0.717) is 39.5 Å². The Morgan fingerprint density at radius 1 is 1.05 bits per heavy atom. The molecule has 3 aromatic rings. The molecule has 0 atom stereocenters. The van der Waals surface area contributed by atoms with Crippen LogP contribution in [0.2, 0.25) is 10.0 Å². The van der Waals surface area contributed by atoms with E-state index in [0.717, 1.165) is 5.69 Å². The number of ether oxygens (including phenoxy) is 1. The van der Waals surface area contributed by atoms with Crippen molar-refractivity contribution in [2.75, 3.05) is 30.8 Å². The number of nitrogens with one attached hydrogen (secondary N) is 2. The van der Waals surface area contributed by atoms with Gasteiger partial charge in [0.25, 0.3) is 0 Å². The number of carbonyl (C=O) groups is 2. The third-order valence-corrected chi connectivity index (χ3v) is 6.19. The maximum Gasteiger partial charge on any atom is 0.322 e. The Balaban J connectivity index is 1.85. The van der Waals surface area contributed by atoms with Crippen LogP contribution in [0.25, 0.3) is 5.69 Å². The summed E-state index contributed by atoms with van der Waals surface area (Å²) in [6, 6.07) is 13.7. The second-order valence-electron chi connectivity index (χ2n) is 10.1. The van der Waals surface area contributed by atoms with Crippen LogP contribution in [-0.2, 0) is 10.2 Å². The Bertz CT molecular complexity index is 1270. The molecule has 0 bridgehead atoms. The summed E-state index contributed by atoms with van der Waals surface area (Å²) < 4.78 is 6.94. The number of aromatic nitrogens is 2. The Hall–Kier alpha value is -3.23. The highest BCUT2D eigenvalue weighted by atomic mass is 35.5. The predicted molar refractivity (Wildman–Crippen MR) is 149 cm³/mol. The maximum absolute atomic E-state index is 13.2. The van der Waals surface area contributed by atoms with Crippen molar-refractivity contribution in [1.29, 1.82) is 0 Å². The molecule has 198 valence electrons.